The minimum Gasteiger partial charge on any atom is -0.445 e. The molecule has 0 aliphatic carbocycles. The highest BCUT2D eigenvalue weighted by Crippen LogP contribution is 2.32. The van der Waals surface area contributed by atoms with E-state index in [-0.39, 0.29) is 25.1 Å². The van der Waals surface area contributed by atoms with Gasteiger partial charge in [-0.3, -0.25) is 0 Å². The predicted octanol–water partition coefficient (Wildman–Crippen LogP) is 5.17. The van der Waals surface area contributed by atoms with Crippen molar-refractivity contribution in [2.24, 2.45) is 0 Å². The molecule has 0 radical (unpaired) electrons. The molecule has 1 amide bonds. The molecule has 0 aromatic heterocycles. The van der Waals surface area contributed by atoms with Gasteiger partial charge in [-0.15, -0.1) is 0 Å². The molecule has 138 valence electrons. The Bertz CT molecular complexity index is 758. The van der Waals surface area contributed by atoms with Gasteiger partial charge in [0.1, 0.15) is 12.4 Å². The van der Waals surface area contributed by atoms with Gasteiger partial charge in [0.2, 0.25) is 0 Å². The van der Waals surface area contributed by atoms with E-state index in [1.807, 2.05) is 30.3 Å². The lowest BCUT2D eigenvalue weighted by Gasteiger charge is -2.10. The summed E-state index contributed by atoms with van der Waals surface area (Å²) in [7, 11) is 0. The summed E-state index contributed by atoms with van der Waals surface area (Å²) in [6.07, 6.45) is -2.30. The van der Waals surface area contributed by atoms with Crippen molar-refractivity contribution in [3.8, 4) is 0 Å². The van der Waals surface area contributed by atoms with Crippen molar-refractivity contribution in [2.45, 2.75) is 19.2 Å². The number of rotatable bonds is 6. The normalized spacial score (nSPS) is 11.5. The van der Waals surface area contributed by atoms with Gasteiger partial charge in [0, 0.05) is 6.54 Å². The molecule has 2 aromatic rings. The topological polar surface area (TPSA) is 38.3 Å². The Morgan fingerprint density at radius 2 is 1.85 bits per heavy atom. The molecule has 0 spiro atoms. The first kappa shape index (κ1) is 19.5. The number of carbonyl (C=O) groups is 1. The quantitative estimate of drug-likeness (QED) is 0.565. The van der Waals surface area contributed by atoms with Crippen molar-refractivity contribution in [3.63, 3.8) is 0 Å². The molecule has 26 heavy (non-hydrogen) atoms. The second-order valence-corrected chi connectivity index (χ2v) is 5.41. The zero-order valence-corrected chi connectivity index (χ0v) is 13.7. The number of alkyl halides is 3. The first-order valence-electron chi connectivity index (χ1n) is 7.84. The van der Waals surface area contributed by atoms with Crippen molar-refractivity contribution < 1.29 is 27.1 Å². The van der Waals surface area contributed by atoms with Gasteiger partial charge in [-0.25, -0.2) is 9.18 Å². The lowest BCUT2D eigenvalue weighted by Crippen LogP contribution is -2.24. The van der Waals surface area contributed by atoms with E-state index in [0.29, 0.717) is 6.07 Å². The van der Waals surface area contributed by atoms with E-state index in [1.165, 1.54) is 12.2 Å². The van der Waals surface area contributed by atoms with Gasteiger partial charge in [0.15, 0.2) is 0 Å². The molecular weight excluding hydrogens is 350 g/mol. The number of ether oxygens (including phenoxy) is 1. The maximum Gasteiger partial charge on any atom is 0.416 e. The van der Waals surface area contributed by atoms with Crippen LogP contribution in [0.1, 0.15) is 23.1 Å². The zero-order valence-electron chi connectivity index (χ0n) is 13.7. The summed E-state index contributed by atoms with van der Waals surface area (Å²) in [5.74, 6) is -0.750. The average Bonchev–Trinajstić information content (AvgIpc) is 2.59. The van der Waals surface area contributed by atoms with Crippen LogP contribution in [-0.2, 0) is 17.5 Å². The first-order chi connectivity index (χ1) is 12.4. The highest BCUT2D eigenvalue weighted by atomic mass is 19.4. The van der Waals surface area contributed by atoms with Crippen LogP contribution in [0.25, 0.3) is 6.08 Å². The van der Waals surface area contributed by atoms with Crippen LogP contribution in [-0.4, -0.2) is 12.6 Å². The molecule has 0 atom stereocenters. The van der Waals surface area contributed by atoms with Crippen molar-refractivity contribution in [3.05, 3.63) is 77.1 Å². The summed E-state index contributed by atoms with van der Waals surface area (Å²) in [6.45, 7) is 0.307. The van der Waals surface area contributed by atoms with Crippen LogP contribution in [0.3, 0.4) is 0 Å². The Labute approximate surface area is 148 Å². The van der Waals surface area contributed by atoms with E-state index in [0.717, 1.165) is 17.7 Å². The van der Waals surface area contributed by atoms with Gasteiger partial charge < -0.3 is 10.1 Å². The number of nitrogens with one attached hydrogen (secondary N) is 1. The van der Waals surface area contributed by atoms with E-state index in [2.05, 4.69) is 5.32 Å². The smallest absolute Gasteiger partial charge is 0.416 e. The van der Waals surface area contributed by atoms with E-state index in [4.69, 9.17) is 4.74 Å². The number of halogens is 4. The van der Waals surface area contributed by atoms with Crippen LogP contribution in [0.15, 0.2) is 54.6 Å². The molecule has 0 saturated carbocycles. The summed E-state index contributed by atoms with van der Waals surface area (Å²) in [4.78, 5) is 11.5. The fourth-order valence-electron chi connectivity index (χ4n) is 2.17. The minimum atomic E-state index is -4.56. The van der Waals surface area contributed by atoms with Crippen LogP contribution >= 0.6 is 0 Å². The lowest BCUT2D eigenvalue weighted by molar-refractivity contribution is -0.137. The van der Waals surface area contributed by atoms with Crippen LogP contribution in [0.5, 0.6) is 0 Å². The van der Waals surface area contributed by atoms with Gasteiger partial charge in [0.25, 0.3) is 0 Å². The molecule has 0 heterocycles. The summed E-state index contributed by atoms with van der Waals surface area (Å²) < 4.78 is 56.7. The Morgan fingerprint density at radius 3 is 2.54 bits per heavy atom. The number of benzene rings is 2. The maximum atomic E-state index is 13.2. The van der Waals surface area contributed by atoms with Crippen LogP contribution in [0.2, 0.25) is 0 Å². The van der Waals surface area contributed by atoms with Gasteiger partial charge in [-0.2, -0.15) is 13.2 Å². The SMILES string of the molecule is O=C(NCCC=Cc1cc(F)ccc1C(F)(F)F)OCc1ccccc1. The number of hydrogen-bond donors (Lipinski definition) is 1. The Hall–Kier alpha value is -2.83. The lowest BCUT2D eigenvalue weighted by atomic mass is 10.1. The summed E-state index contributed by atoms with van der Waals surface area (Å²) in [5, 5.41) is 2.49. The summed E-state index contributed by atoms with van der Waals surface area (Å²) >= 11 is 0. The first-order valence-corrected chi connectivity index (χ1v) is 7.84. The van der Waals surface area contributed by atoms with Gasteiger partial charge in [-0.05, 0) is 35.7 Å². The molecule has 0 bridgehead atoms. The Morgan fingerprint density at radius 1 is 1.12 bits per heavy atom. The van der Waals surface area contributed by atoms with E-state index in [9.17, 15) is 22.4 Å². The van der Waals surface area contributed by atoms with Crippen molar-refractivity contribution >= 4 is 12.2 Å². The average molecular weight is 367 g/mol. The molecule has 0 unspecified atom stereocenters. The summed E-state index contributed by atoms with van der Waals surface area (Å²) in [6, 6.07) is 11.4. The molecule has 3 nitrogen and oxygen atoms in total. The number of alkyl carbamates (subject to hydrolysis) is 1. The third kappa shape index (κ3) is 6.23. The van der Waals surface area contributed by atoms with E-state index < -0.39 is 23.7 Å². The van der Waals surface area contributed by atoms with Crippen LogP contribution < -0.4 is 5.32 Å². The minimum absolute atomic E-state index is 0.126. The molecule has 2 aromatic carbocycles. The van der Waals surface area contributed by atoms with Gasteiger partial charge in [0.05, 0.1) is 5.56 Å². The largest absolute Gasteiger partial charge is 0.445 e. The molecule has 0 saturated heterocycles. The molecule has 0 aliphatic heterocycles. The van der Waals surface area contributed by atoms with Crippen LogP contribution in [0, 0.1) is 5.82 Å². The van der Waals surface area contributed by atoms with Crippen LogP contribution in [0.4, 0.5) is 22.4 Å². The molecule has 1 N–H and O–H groups in total. The second kappa shape index (κ2) is 9.03. The van der Waals surface area contributed by atoms with Crippen molar-refractivity contribution in [1.29, 1.82) is 0 Å². The fourth-order valence-corrected chi connectivity index (χ4v) is 2.17. The number of amides is 1. The second-order valence-electron chi connectivity index (χ2n) is 5.41. The molecule has 7 heteroatoms. The van der Waals surface area contributed by atoms with Crippen molar-refractivity contribution in [1.82, 2.24) is 5.32 Å². The number of carbonyl (C=O) groups excluding carboxylic acids is 1. The molecule has 2 rings (SSSR count). The van der Waals surface area contributed by atoms with E-state index >= 15 is 0 Å². The highest BCUT2D eigenvalue weighted by Gasteiger charge is 2.32. The standard InChI is InChI=1S/C19H17F4NO2/c20-16-9-10-17(19(21,22)23)15(12-16)8-4-5-11-24-18(25)26-13-14-6-2-1-3-7-14/h1-4,6-10,12H,5,11,13H2,(H,24,25). The predicted molar refractivity (Wildman–Crippen MR) is 89.7 cm³/mol. The Kier molecular flexibility index (Phi) is 6.77. The highest BCUT2D eigenvalue weighted by molar-refractivity contribution is 5.67. The van der Waals surface area contributed by atoms with E-state index in [1.54, 1.807) is 0 Å². The van der Waals surface area contributed by atoms with Crippen molar-refractivity contribution in [2.75, 3.05) is 6.54 Å². The maximum absolute atomic E-state index is 13.2. The van der Waals surface area contributed by atoms with Gasteiger partial charge >= 0.3 is 12.3 Å². The molecule has 0 aliphatic rings. The zero-order chi connectivity index (χ0) is 19.0. The third-order valence-corrected chi connectivity index (χ3v) is 3.41. The molecular formula is C19H17F4NO2. The van der Waals surface area contributed by atoms with Gasteiger partial charge in [-0.1, -0.05) is 42.5 Å². The monoisotopic (exact) mass is 367 g/mol. The summed E-state index contributed by atoms with van der Waals surface area (Å²) in [5.41, 5.74) is -0.331. The fraction of sp³-hybridized carbons (Fsp3) is 0.211. The molecule has 0 fully saturated rings. The Balaban J connectivity index is 1.79. The third-order valence-electron chi connectivity index (χ3n) is 3.41. The number of hydrogen-bond acceptors (Lipinski definition) is 2.